The highest BCUT2D eigenvalue weighted by Crippen LogP contribution is 2.20. The van der Waals surface area contributed by atoms with Crippen molar-refractivity contribution in [2.75, 3.05) is 12.4 Å². The molecule has 0 saturated carbocycles. The van der Waals surface area contributed by atoms with E-state index in [1.165, 1.54) is 5.56 Å². The predicted molar refractivity (Wildman–Crippen MR) is 85.9 cm³/mol. The smallest absolute Gasteiger partial charge is 0.227 e. The molecule has 0 aromatic heterocycles. The van der Waals surface area contributed by atoms with E-state index < -0.39 is 0 Å². The van der Waals surface area contributed by atoms with Crippen LogP contribution in [0.3, 0.4) is 0 Å². The molecule has 1 unspecified atom stereocenters. The minimum atomic E-state index is 0.135. The van der Waals surface area contributed by atoms with Crippen molar-refractivity contribution in [2.45, 2.75) is 52.5 Å². The van der Waals surface area contributed by atoms with Crippen molar-refractivity contribution in [1.82, 2.24) is 5.32 Å². The summed E-state index contributed by atoms with van der Waals surface area (Å²) < 4.78 is 0. The maximum absolute atomic E-state index is 12.3. The SMILES string of the molecule is CCCC(CCC)C(=O)Nc1cccc(C(C)NC)c1. The summed E-state index contributed by atoms with van der Waals surface area (Å²) in [4.78, 5) is 12.3. The Labute approximate surface area is 123 Å². The van der Waals surface area contributed by atoms with E-state index in [1.54, 1.807) is 0 Å². The Morgan fingerprint density at radius 3 is 2.40 bits per heavy atom. The Bertz CT molecular complexity index is 411. The minimum absolute atomic E-state index is 0.135. The Balaban J connectivity index is 2.73. The van der Waals surface area contributed by atoms with Crippen LogP contribution in [-0.4, -0.2) is 13.0 Å². The van der Waals surface area contributed by atoms with Crippen LogP contribution in [0.4, 0.5) is 5.69 Å². The maximum atomic E-state index is 12.3. The summed E-state index contributed by atoms with van der Waals surface area (Å²) in [7, 11) is 1.94. The second kappa shape index (κ2) is 8.75. The molecule has 3 heteroatoms. The van der Waals surface area contributed by atoms with Crippen molar-refractivity contribution < 1.29 is 4.79 Å². The van der Waals surface area contributed by atoms with Crippen LogP contribution in [0.1, 0.15) is 58.1 Å². The van der Waals surface area contributed by atoms with Crippen LogP contribution in [-0.2, 0) is 4.79 Å². The third-order valence-corrected chi connectivity index (χ3v) is 3.73. The Morgan fingerprint density at radius 2 is 1.85 bits per heavy atom. The molecule has 1 rings (SSSR count). The summed E-state index contributed by atoms with van der Waals surface area (Å²) in [6.07, 6.45) is 4.03. The number of rotatable bonds is 8. The average Bonchev–Trinajstić information content (AvgIpc) is 2.46. The second-order valence-corrected chi connectivity index (χ2v) is 5.40. The molecule has 0 heterocycles. The number of amides is 1. The summed E-state index contributed by atoms with van der Waals surface area (Å²) in [5, 5.41) is 6.28. The summed E-state index contributed by atoms with van der Waals surface area (Å²) in [5.74, 6) is 0.290. The maximum Gasteiger partial charge on any atom is 0.227 e. The number of benzene rings is 1. The second-order valence-electron chi connectivity index (χ2n) is 5.40. The molecule has 0 aliphatic carbocycles. The molecule has 0 aliphatic rings. The molecule has 112 valence electrons. The van der Waals surface area contributed by atoms with Crippen molar-refractivity contribution in [1.29, 1.82) is 0 Å². The van der Waals surface area contributed by atoms with Gasteiger partial charge in [-0.25, -0.2) is 0 Å². The first-order valence-corrected chi connectivity index (χ1v) is 7.70. The van der Waals surface area contributed by atoms with Gasteiger partial charge < -0.3 is 10.6 Å². The summed E-state index contributed by atoms with van der Waals surface area (Å²) in [5.41, 5.74) is 2.08. The van der Waals surface area contributed by atoms with Crippen LogP contribution in [0.2, 0.25) is 0 Å². The number of nitrogens with one attached hydrogen (secondary N) is 2. The lowest BCUT2D eigenvalue weighted by Gasteiger charge is -2.17. The van der Waals surface area contributed by atoms with E-state index in [4.69, 9.17) is 0 Å². The summed E-state index contributed by atoms with van der Waals surface area (Å²) in [6.45, 7) is 6.37. The lowest BCUT2D eigenvalue weighted by molar-refractivity contribution is -0.120. The van der Waals surface area contributed by atoms with Crippen molar-refractivity contribution in [2.24, 2.45) is 5.92 Å². The van der Waals surface area contributed by atoms with E-state index in [1.807, 2.05) is 25.2 Å². The van der Waals surface area contributed by atoms with Gasteiger partial charge in [-0.15, -0.1) is 0 Å². The van der Waals surface area contributed by atoms with Gasteiger partial charge in [0.25, 0.3) is 0 Å². The molecule has 0 fully saturated rings. The number of hydrogen-bond donors (Lipinski definition) is 2. The third kappa shape index (κ3) is 4.97. The predicted octanol–water partition coefficient (Wildman–Crippen LogP) is 4.12. The van der Waals surface area contributed by atoms with E-state index in [2.05, 4.69) is 37.5 Å². The number of hydrogen-bond acceptors (Lipinski definition) is 2. The Hall–Kier alpha value is -1.35. The van der Waals surface area contributed by atoms with Crippen molar-refractivity contribution in [3.8, 4) is 0 Å². The molecule has 0 bridgehead atoms. The fraction of sp³-hybridized carbons (Fsp3) is 0.588. The van der Waals surface area contributed by atoms with Gasteiger partial charge in [0.05, 0.1) is 0 Å². The van der Waals surface area contributed by atoms with Crippen LogP contribution in [0, 0.1) is 5.92 Å². The zero-order chi connectivity index (χ0) is 15.0. The molecule has 0 spiro atoms. The van der Waals surface area contributed by atoms with Crippen LogP contribution in [0.5, 0.6) is 0 Å². The largest absolute Gasteiger partial charge is 0.326 e. The molecule has 0 radical (unpaired) electrons. The van der Waals surface area contributed by atoms with Crippen LogP contribution in [0.15, 0.2) is 24.3 Å². The average molecular weight is 276 g/mol. The lowest BCUT2D eigenvalue weighted by Crippen LogP contribution is -2.23. The van der Waals surface area contributed by atoms with Crippen LogP contribution >= 0.6 is 0 Å². The molecule has 0 aliphatic heterocycles. The van der Waals surface area contributed by atoms with Gasteiger partial charge >= 0.3 is 0 Å². The first-order valence-electron chi connectivity index (χ1n) is 7.70. The Kier molecular flexibility index (Phi) is 7.31. The van der Waals surface area contributed by atoms with Gasteiger partial charge in [-0.3, -0.25) is 4.79 Å². The molecular formula is C17H28N2O. The fourth-order valence-electron chi connectivity index (χ4n) is 2.40. The van der Waals surface area contributed by atoms with Crippen LogP contribution in [0.25, 0.3) is 0 Å². The van der Waals surface area contributed by atoms with E-state index in [9.17, 15) is 4.79 Å². The lowest BCUT2D eigenvalue weighted by atomic mass is 9.97. The van der Waals surface area contributed by atoms with Gasteiger partial charge in [-0.05, 0) is 44.5 Å². The van der Waals surface area contributed by atoms with E-state index in [0.717, 1.165) is 31.4 Å². The van der Waals surface area contributed by atoms with Gasteiger partial charge in [0, 0.05) is 17.6 Å². The van der Waals surface area contributed by atoms with Crippen LogP contribution < -0.4 is 10.6 Å². The molecule has 1 amide bonds. The highest BCUT2D eigenvalue weighted by Gasteiger charge is 2.16. The zero-order valence-electron chi connectivity index (χ0n) is 13.2. The summed E-state index contributed by atoms with van der Waals surface area (Å²) >= 11 is 0. The molecule has 2 N–H and O–H groups in total. The van der Waals surface area contributed by atoms with E-state index >= 15 is 0 Å². The molecule has 3 nitrogen and oxygen atoms in total. The zero-order valence-corrected chi connectivity index (χ0v) is 13.2. The van der Waals surface area contributed by atoms with E-state index in [-0.39, 0.29) is 17.9 Å². The van der Waals surface area contributed by atoms with Gasteiger partial charge in [0.2, 0.25) is 5.91 Å². The van der Waals surface area contributed by atoms with Gasteiger partial charge in [0.1, 0.15) is 0 Å². The van der Waals surface area contributed by atoms with E-state index in [0.29, 0.717) is 0 Å². The number of carbonyl (C=O) groups is 1. The number of anilines is 1. The standard InChI is InChI=1S/C17H28N2O/c1-5-8-14(9-6-2)17(20)19-16-11-7-10-15(12-16)13(3)18-4/h7,10-14,18H,5-6,8-9H2,1-4H3,(H,19,20). The quantitative estimate of drug-likeness (QED) is 0.750. The minimum Gasteiger partial charge on any atom is -0.326 e. The molecular weight excluding hydrogens is 248 g/mol. The molecule has 1 aromatic rings. The highest BCUT2D eigenvalue weighted by atomic mass is 16.1. The first-order chi connectivity index (χ1) is 9.62. The summed E-state index contributed by atoms with van der Waals surface area (Å²) in [6, 6.07) is 8.36. The van der Waals surface area contributed by atoms with Crippen molar-refractivity contribution in [3.63, 3.8) is 0 Å². The molecule has 20 heavy (non-hydrogen) atoms. The highest BCUT2D eigenvalue weighted by molar-refractivity contribution is 5.92. The molecule has 1 atom stereocenters. The van der Waals surface area contributed by atoms with Gasteiger partial charge in [0.15, 0.2) is 0 Å². The monoisotopic (exact) mass is 276 g/mol. The fourth-order valence-corrected chi connectivity index (χ4v) is 2.40. The third-order valence-electron chi connectivity index (χ3n) is 3.73. The molecule has 0 saturated heterocycles. The first kappa shape index (κ1) is 16.7. The normalized spacial score (nSPS) is 12.4. The molecule has 1 aromatic carbocycles. The van der Waals surface area contributed by atoms with Gasteiger partial charge in [-0.2, -0.15) is 0 Å². The topological polar surface area (TPSA) is 41.1 Å². The van der Waals surface area contributed by atoms with Gasteiger partial charge in [-0.1, -0.05) is 38.8 Å². The van der Waals surface area contributed by atoms with Crippen molar-refractivity contribution >= 4 is 11.6 Å². The number of carbonyl (C=O) groups excluding carboxylic acids is 1. The Morgan fingerprint density at radius 1 is 1.20 bits per heavy atom. The van der Waals surface area contributed by atoms with Crippen molar-refractivity contribution in [3.05, 3.63) is 29.8 Å².